The molecule has 1 saturated heterocycles. The average molecular weight is 328 g/mol. The van der Waals surface area contributed by atoms with Gasteiger partial charge in [-0.2, -0.15) is 0 Å². The van der Waals surface area contributed by atoms with E-state index in [1.807, 2.05) is 47.4 Å². The first kappa shape index (κ1) is 16.7. The van der Waals surface area contributed by atoms with Crippen molar-refractivity contribution in [1.82, 2.24) is 9.80 Å². The Balaban J connectivity index is 1.69. The van der Waals surface area contributed by atoms with Crippen LogP contribution in [0.3, 0.4) is 0 Å². The summed E-state index contributed by atoms with van der Waals surface area (Å²) in [5, 5.41) is 9.45. The van der Waals surface area contributed by atoms with E-state index >= 15 is 0 Å². The van der Waals surface area contributed by atoms with Gasteiger partial charge in [-0.25, -0.2) is 0 Å². The maximum atomic E-state index is 12.9. The SMILES string of the molecule is O=C(CN1CCCC1CO)N(Cc1ccccc1)Cc1ccco1. The summed E-state index contributed by atoms with van der Waals surface area (Å²) in [6, 6.07) is 13.8. The van der Waals surface area contributed by atoms with Crippen molar-refractivity contribution in [2.24, 2.45) is 0 Å². The second-order valence-corrected chi connectivity index (χ2v) is 6.26. The third kappa shape index (κ3) is 4.24. The van der Waals surface area contributed by atoms with Crippen LogP contribution < -0.4 is 0 Å². The quantitative estimate of drug-likeness (QED) is 0.847. The van der Waals surface area contributed by atoms with Crippen LogP contribution in [0.15, 0.2) is 53.1 Å². The molecular weight excluding hydrogens is 304 g/mol. The van der Waals surface area contributed by atoms with Gasteiger partial charge in [0.2, 0.25) is 5.91 Å². The van der Waals surface area contributed by atoms with Crippen LogP contribution in [0.2, 0.25) is 0 Å². The zero-order valence-corrected chi connectivity index (χ0v) is 13.8. The first-order chi connectivity index (χ1) is 11.8. The van der Waals surface area contributed by atoms with Crippen LogP contribution in [0, 0.1) is 0 Å². The molecule has 2 aromatic rings. The van der Waals surface area contributed by atoms with Gasteiger partial charge in [0.15, 0.2) is 0 Å². The number of hydrogen-bond donors (Lipinski definition) is 1. The van der Waals surface area contributed by atoms with E-state index in [1.165, 1.54) is 0 Å². The van der Waals surface area contributed by atoms with Crippen molar-refractivity contribution < 1.29 is 14.3 Å². The van der Waals surface area contributed by atoms with Gasteiger partial charge < -0.3 is 14.4 Å². The topological polar surface area (TPSA) is 56.9 Å². The van der Waals surface area contributed by atoms with Crippen molar-refractivity contribution in [2.45, 2.75) is 32.0 Å². The smallest absolute Gasteiger partial charge is 0.237 e. The summed E-state index contributed by atoms with van der Waals surface area (Å²) in [5.74, 6) is 0.843. The van der Waals surface area contributed by atoms with Crippen LogP contribution >= 0.6 is 0 Å². The number of likely N-dealkylation sites (tertiary alicyclic amines) is 1. The highest BCUT2D eigenvalue weighted by Gasteiger charge is 2.27. The normalized spacial score (nSPS) is 18.0. The summed E-state index contributed by atoms with van der Waals surface area (Å²) in [6.45, 7) is 2.34. The predicted octanol–water partition coefficient (Wildman–Crippen LogP) is 2.27. The highest BCUT2D eigenvalue weighted by Crippen LogP contribution is 2.18. The molecule has 0 aliphatic carbocycles. The molecule has 0 bridgehead atoms. The van der Waals surface area contributed by atoms with Crippen molar-refractivity contribution in [1.29, 1.82) is 0 Å². The van der Waals surface area contributed by atoms with Crippen molar-refractivity contribution in [3.8, 4) is 0 Å². The number of furan rings is 1. The number of carbonyl (C=O) groups is 1. The van der Waals surface area contributed by atoms with Gasteiger partial charge in [-0.1, -0.05) is 30.3 Å². The van der Waals surface area contributed by atoms with Gasteiger partial charge in [0.1, 0.15) is 5.76 Å². The molecule has 5 heteroatoms. The van der Waals surface area contributed by atoms with Crippen LogP contribution in [-0.2, 0) is 17.9 Å². The molecule has 0 saturated carbocycles. The van der Waals surface area contributed by atoms with Crippen LogP contribution in [-0.4, -0.2) is 46.6 Å². The standard InChI is InChI=1S/C19H24N2O3/c22-15-17-8-4-10-20(17)14-19(23)21(13-18-9-5-11-24-18)12-16-6-2-1-3-7-16/h1-3,5-7,9,11,17,22H,4,8,10,12-15H2. The van der Waals surface area contributed by atoms with E-state index in [9.17, 15) is 9.90 Å². The van der Waals surface area contributed by atoms with Gasteiger partial charge >= 0.3 is 0 Å². The van der Waals surface area contributed by atoms with E-state index in [4.69, 9.17) is 4.42 Å². The summed E-state index contributed by atoms with van der Waals surface area (Å²) >= 11 is 0. The Morgan fingerprint density at radius 1 is 1.21 bits per heavy atom. The van der Waals surface area contributed by atoms with Gasteiger partial charge in [-0.05, 0) is 37.1 Å². The summed E-state index contributed by atoms with van der Waals surface area (Å²) in [4.78, 5) is 16.8. The molecular formula is C19H24N2O3. The molecule has 1 aromatic carbocycles. The molecule has 1 aromatic heterocycles. The first-order valence-corrected chi connectivity index (χ1v) is 8.45. The van der Waals surface area contributed by atoms with E-state index in [0.29, 0.717) is 19.6 Å². The lowest BCUT2D eigenvalue weighted by atomic mass is 10.2. The average Bonchev–Trinajstić information content (AvgIpc) is 3.26. The van der Waals surface area contributed by atoms with Gasteiger partial charge in [0, 0.05) is 12.6 Å². The minimum atomic E-state index is 0.0654. The number of nitrogens with zero attached hydrogens (tertiary/aromatic N) is 2. The molecule has 3 rings (SSSR count). The second-order valence-electron chi connectivity index (χ2n) is 6.26. The summed E-state index contributed by atoms with van der Waals surface area (Å²) < 4.78 is 5.42. The Labute approximate surface area is 142 Å². The lowest BCUT2D eigenvalue weighted by Crippen LogP contribution is -2.42. The highest BCUT2D eigenvalue weighted by molar-refractivity contribution is 5.78. The van der Waals surface area contributed by atoms with E-state index < -0.39 is 0 Å². The first-order valence-electron chi connectivity index (χ1n) is 8.45. The number of benzene rings is 1. The molecule has 0 spiro atoms. The Bertz CT molecular complexity index is 627. The molecule has 2 heterocycles. The fourth-order valence-corrected chi connectivity index (χ4v) is 3.21. The number of aliphatic hydroxyl groups excluding tert-OH is 1. The summed E-state index contributed by atoms with van der Waals surface area (Å²) in [7, 11) is 0. The van der Waals surface area contributed by atoms with E-state index in [-0.39, 0.29) is 18.6 Å². The van der Waals surface area contributed by atoms with Crippen LogP contribution in [0.4, 0.5) is 0 Å². The zero-order chi connectivity index (χ0) is 16.8. The van der Waals surface area contributed by atoms with Crippen molar-refractivity contribution in [3.63, 3.8) is 0 Å². The van der Waals surface area contributed by atoms with Crippen LogP contribution in [0.1, 0.15) is 24.2 Å². The summed E-state index contributed by atoms with van der Waals surface area (Å²) in [5.41, 5.74) is 1.09. The van der Waals surface area contributed by atoms with Crippen molar-refractivity contribution in [3.05, 3.63) is 60.1 Å². The molecule has 24 heavy (non-hydrogen) atoms. The molecule has 1 amide bonds. The van der Waals surface area contributed by atoms with E-state index in [0.717, 1.165) is 30.7 Å². The number of rotatable bonds is 7. The molecule has 128 valence electrons. The molecule has 5 nitrogen and oxygen atoms in total. The van der Waals surface area contributed by atoms with E-state index in [2.05, 4.69) is 4.90 Å². The van der Waals surface area contributed by atoms with Crippen molar-refractivity contribution in [2.75, 3.05) is 19.7 Å². The third-order valence-electron chi connectivity index (χ3n) is 4.54. The molecule has 1 aliphatic rings. The summed E-state index contributed by atoms with van der Waals surface area (Å²) in [6.07, 6.45) is 3.62. The number of carbonyl (C=O) groups excluding carboxylic acids is 1. The molecule has 1 atom stereocenters. The van der Waals surface area contributed by atoms with Gasteiger partial charge in [0.25, 0.3) is 0 Å². The Kier molecular flexibility index (Phi) is 5.67. The maximum absolute atomic E-state index is 12.9. The number of hydrogen-bond acceptors (Lipinski definition) is 4. The number of amides is 1. The number of aliphatic hydroxyl groups is 1. The zero-order valence-electron chi connectivity index (χ0n) is 13.8. The lowest BCUT2D eigenvalue weighted by Gasteiger charge is -2.27. The van der Waals surface area contributed by atoms with Crippen molar-refractivity contribution >= 4 is 5.91 Å². The molecule has 0 radical (unpaired) electrons. The van der Waals surface area contributed by atoms with Gasteiger partial charge in [0.05, 0.1) is 26.0 Å². The fourth-order valence-electron chi connectivity index (χ4n) is 3.21. The molecule has 1 N–H and O–H groups in total. The fraction of sp³-hybridized carbons (Fsp3) is 0.421. The molecule has 1 fully saturated rings. The molecule has 1 aliphatic heterocycles. The highest BCUT2D eigenvalue weighted by atomic mass is 16.3. The van der Waals surface area contributed by atoms with E-state index in [1.54, 1.807) is 6.26 Å². The minimum absolute atomic E-state index is 0.0654. The lowest BCUT2D eigenvalue weighted by molar-refractivity contribution is -0.134. The Hall–Kier alpha value is -2.11. The van der Waals surface area contributed by atoms with Crippen LogP contribution in [0.5, 0.6) is 0 Å². The largest absolute Gasteiger partial charge is 0.467 e. The second kappa shape index (κ2) is 8.13. The van der Waals surface area contributed by atoms with Gasteiger partial charge in [-0.15, -0.1) is 0 Å². The minimum Gasteiger partial charge on any atom is -0.467 e. The Morgan fingerprint density at radius 2 is 2.04 bits per heavy atom. The molecule has 1 unspecified atom stereocenters. The maximum Gasteiger partial charge on any atom is 0.237 e. The van der Waals surface area contributed by atoms with Crippen LogP contribution in [0.25, 0.3) is 0 Å². The monoisotopic (exact) mass is 328 g/mol. The van der Waals surface area contributed by atoms with Gasteiger partial charge in [-0.3, -0.25) is 9.69 Å². The predicted molar refractivity (Wildman–Crippen MR) is 91.1 cm³/mol. The third-order valence-corrected chi connectivity index (χ3v) is 4.54. The Morgan fingerprint density at radius 3 is 2.75 bits per heavy atom.